The molecule has 2 rings (SSSR count). The van der Waals surface area contributed by atoms with E-state index in [0.717, 1.165) is 24.5 Å². The first-order valence-electron chi connectivity index (χ1n) is 7.20. The van der Waals surface area contributed by atoms with Gasteiger partial charge in [-0.25, -0.2) is 9.78 Å². The van der Waals surface area contributed by atoms with Crippen LogP contribution in [0.4, 0.5) is 10.6 Å². The van der Waals surface area contributed by atoms with Crippen LogP contribution in [0.5, 0.6) is 0 Å². The number of anilines is 1. The molecule has 1 aromatic heterocycles. The Morgan fingerprint density at radius 3 is 2.57 bits per heavy atom. The van der Waals surface area contributed by atoms with Crippen molar-refractivity contribution in [3.05, 3.63) is 30.5 Å². The maximum Gasteiger partial charge on any atom is 0.410 e. The molecule has 0 saturated carbocycles. The van der Waals surface area contributed by atoms with Crippen LogP contribution in [-0.2, 0) is 4.74 Å². The summed E-state index contributed by atoms with van der Waals surface area (Å²) in [7, 11) is 0. The number of carbonyl (C=O) groups is 1. The summed E-state index contributed by atoms with van der Waals surface area (Å²) in [6.07, 6.45) is 3.35. The van der Waals surface area contributed by atoms with Crippen LogP contribution in [-0.4, -0.2) is 47.8 Å². The third-order valence-corrected chi connectivity index (χ3v) is 3.26. The van der Waals surface area contributed by atoms with Gasteiger partial charge in [-0.15, -0.1) is 0 Å². The van der Waals surface area contributed by atoms with Gasteiger partial charge in [-0.2, -0.15) is 0 Å². The minimum Gasteiger partial charge on any atom is -0.444 e. The van der Waals surface area contributed by atoms with Crippen LogP contribution in [0.1, 0.15) is 26.3 Å². The highest BCUT2D eigenvalue weighted by molar-refractivity contribution is 5.68. The number of hydrogen-bond acceptors (Lipinski definition) is 4. The minimum absolute atomic E-state index is 0.241. The van der Waals surface area contributed by atoms with Gasteiger partial charge < -0.3 is 14.5 Å². The molecule has 1 aromatic rings. The Balaban J connectivity index is 1.93. The summed E-state index contributed by atoms with van der Waals surface area (Å²) in [5, 5.41) is 0. The van der Waals surface area contributed by atoms with Crippen LogP contribution >= 0.6 is 0 Å². The SMILES string of the molecule is C=Cc1ccnc(N2CCN(C(=O)OC(C)(C)C)CC2)c1. The first-order chi connectivity index (χ1) is 9.89. The average molecular weight is 289 g/mol. The third-order valence-electron chi connectivity index (χ3n) is 3.26. The molecule has 0 radical (unpaired) electrons. The third kappa shape index (κ3) is 4.21. The van der Waals surface area contributed by atoms with Crippen LogP contribution in [0, 0.1) is 0 Å². The highest BCUT2D eigenvalue weighted by Crippen LogP contribution is 2.17. The number of ether oxygens (including phenoxy) is 1. The van der Waals surface area contributed by atoms with Crippen LogP contribution in [0.3, 0.4) is 0 Å². The Labute approximate surface area is 126 Å². The highest BCUT2D eigenvalue weighted by atomic mass is 16.6. The largest absolute Gasteiger partial charge is 0.444 e. The molecule has 0 atom stereocenters. The fourth-order valence-electron chi connectivity index (χ4n) is 2.18. The number of rotatable bonds is 2. The topological polar surface area (TPSA) is 45.7 Å². The summed E-state index contributed by atoms with van der Waals surface area (Å²) in [4.78, 5) is 20.3. The molecular weight excluding hydrogens is 266 g/mol. The van der Waals surface area contributed by atoms with Crippen molar-refractivity contribution in [2.24, 2.45) is 0 Å². The van der Waals surface area contributed by atoms with E-state index in [1.165, 1.54) is 0 Å². The second kappa shape index (κ2) is 6.16. The number of hydrogen-bond donors (Lipinski definition) is 0. The van der Waals surface area contributed by atoms with Crippen molar-refractivity contribution in [1.29, 1.82) is 0 Å². The number of aromatic nitrogens is 1. The quantitative estimate of drug-likeness (QED) is 0.840. The molecule has 5 nitrogen and oxygen atoms in total. The number of piperazine rings is 1. The minimum atomic E-state index is -0.450. The summed E-state index contributed by atoms with van der Waals surface area (Å²) >= 11 is 0. The van der Waals surface area contributed by atoms with Crippen LogP contribution in [0.15, 0.2) is 24.9 Å². The molecule has 5 heteroatoms. The fourth-order valence-corrected chi connectivity index (χ4v) is 2.18. The van der Waals surface area contributed by atoms with E-state index in [1.807, 2.05) is 39.0 Å². The number of carbonyl (C=O) groups excluding carboxylic acids is 1. The molecule has 0 unspecified atom stereocenters. The summed E-state index contributed by atoms with van der Waals surface area (Å²) in [6.45, 7) is 12.2. The first kappa shape index (κ1) is 15.4. The monoisotopic (exact) mass is 289 g/mol. The number of nitrogens with zero attached hydrogens (tertiary/aromatic N) is 3. The smallest absolute Gasteiger partial charge is 0.410 e. The van der Waals surface area contributed by atoms with E-state index >= 15 is 0 Å². The molecule has 1 saturated heterocycles. The van der Waals surface area contributed by atoms with Crippen LogP contribution in [0.25, 0.3) is 6.08 Å². The van der Waals surface area contributed by atoms with Gasteiger partial charge in [0.2, 0.25) is 0 Å². The second-order valence-corrected chi connectivity index (χ2v) is 6.11. The van der Waals surface area contributed by atoms with E-state index < -0.39 is 5.60 Å². The van der Waals surface area contributed by atoms with Crippen molar-refractivity contribution in [3.8, 4) is 0 Å². The Bertz CT molecular complexity index is 514. The predicted octanol–water partition coefficient (Wildman–Crippen LogP) is 2.78. The summed E-state index contributed by atoms with van der Waals surface area (Å²) in [5.74, 6) is 0.927. The maximum atomic E-state index is 12.0. The zero-order valence-electron chi connectivity index (χ0n) is 13.0. The lowest BCUT2D eigenvalue weighted by atomic mass is 10.2. The standard InChI is InChI=1S/C16H23N3O2/c1-5-13-6-7-17-14(12-13)18-8-10-19(11-9-18)15(20)21-16(2,3)4/h5-7,12H,1,8-11H2,2-4H3. The van der Waals surface area contributed by atoms with Gasteiger partial charge in [0.1, 0.15) is 11.4 Å². The number of amides is 1. The van der Waals surface area contributed by atoms with Crippen LogP contribution < -0.4 is 4.90 Å². The zero-order valence-corrected chi connectivity index (χ0v) is 13.0. The van der Waals surface area contributed by atoms with E-state index in [2.05, 4.69) is 16.5 Å². The Morgan fingerprint density at radius 2 is 2.00 bits per heavy atom. The molecule has 0 bridgehead atoms. The molecular formula is C16H23N3O2. The lowest BCUT2D eigenvalue weighted by Crippen LogP contribution is -2.50. The van der Waals surface area contributed by atoms with Gasteiger partial charge in [0, 0.05) is 32.4 Å². The zero-order chi connectivity index (χ0) is 15.5. The van der Waals surface area contributed by atoms with E-state index in [4.69, 9.17) is 4.74 Å². The van der Waals surface area contributed by atoms with E-state index in [9.17, 15) is 4.79 Å². The fraction of sp³-hybridized carbons (Fsp3) is 0.500. The lowest BCUT2D eigenvalue weighted by molar-refractivity contribution is 0.0240. The van der Waals surface area contributed by atoms with Gasteiger partial charge in [-0.1, -0.05) is 12.7 Å². The van der Waals surface area contributed by atoms with Gasteiger partial charge in [-0.05, 0) is 38.5 Å². The highest BCUT2D eigenvalue weighted by Gasteiger charge is 2.26. The normalized spacial score (nSPS) is 15.8. The molecule has 114 valence electrons. The van der Waals surface area contributed by atoms with Gasteiger partial charge in [0.05, 0.1) is 0 Å². The molecule has 0 aromatic carbocycles. The van der Waals surface area contributed by atoms with Gasteiger partial charge in [-0.3, -0.25) is 0 Å². The molecule has 0 N–H and O–H groups in total. The molecule has 1 amide bonds. The summed E-state index contributed by atoms with van der Waals surface area (Å²) in [6, 6.07) is 3.93. The predicted molar refractivity (Wildman–Crippen MR) is 84.3 cm³/mol. The summed E-state index contributed by atoms with van der Waals surface area (Å²) in [5.41, 5.74) is 0.600. The maximum absolute atomic E-state index is 12.0. The Kier molecular flexibility index (Phi) is 4.50. The van der Waals surface area contributed by atoms with Crippen LogP contribution in [0.2, 0.25) is 0 Å². The van der Waals surface area contributed by atoms with E-state index in [1.54, 1.807) is 11.1 Å². The van der Waals surface area contributed by atoms with Crippen molar-refractivity contribution >= 4 is 18.0 Å². The number of pyridine rings is 1. The Hall–Kier alpha value is -2.04. The molecule has 1 fully saturated rings. The van der Waals surface area contributed by atoms with Crippen molar-refractivity contribution in [2.45, 2.75) is 26.4 Å². The van der Waals surface area contributed by atoms with Gasteiger partial charge in [0.25, 0.3) is 0 Å². The summed E-state index contributed by atoms with van der Waals surface area (Å²) < 4.78 is 5.39. The van der Waals surface area contributed by atoms with Crippen molar-refractivity contribution in [1.82, 2.24) is 9.88 Å². The van der Waals surface area contributed by atoms with Crippen molar-refractivity contribution < 1.29 is 9.53 Å². The molecule has 1 aliphatic rings. The van der Waals surface area contributed by atoms with Gasteiger partial charge >= 0.3 is 6.09 Å². The Morgan fingerprint density at radius 1 is 1.33 bits per heavy atom. The molecule has 1 aliphatic heterocycles. The second-order valence-electron chi connectivity index (χ2n) is 6.11. The molecule has 21 heavy (non-hydrogen) atoms. The molecule has 0 spiro atoms. The first-order valence-corrected chi connectivity index (χ1v) is 7.20. The van der Waals surface area contributed by atoms with E-state index in [-0.39, 0.29) is 6.09 Å². The van der Waals surface area contributed by atoms with Crippen molar-refractivity contribution in [2.75, 3.05) is 31.1 Å². The lowest BCUT2D eigenvalue weighted by Gasteiger charge is -2.36. The van der Waals surface area contributed by atoms with Gasteiger partial charge in [0.15, 0.2) is 0 Å². The van der Waals surface area contributed by atoms with E-state index in [0.29, 0.717) is 13.1 Å². The molecule has 0 aliphatic carbocycles. The van der Waals surface area contributed by atoms with Crippen molar-refractivity contribution in [3.63, 3.8) is 0 Å². The molecule has 2 heterocycles. The average Bonchev–Trinajstić information content (AvgIpc) is 2.46.